The molecule has 0 atom stereocenters. The van der Waals surface area contributed by atoms with Crippen molar-refractivity contribution in [3.63, 3.8) is 0 Å². The summed E-state index contributed by atoms with van der Waals surface area (Å²) in [5.74, 6) is 1.17. The average Bonchev–Trinajstić information content (AvgIpc) is 2.90. The van der Waals surface area contributed by atoms with E-state index in [9.17, 15) is 5.26 Å². The van der Waals surface area contributed by atoms with Crippen molar-refractivity contribution in [2.75, 3.05) is 13.2 Å². The van der Waals surface area contributed by atoms with Gasteiger partial charge in [-0.3, -0.25) is 0 Å². The second kappa shape index (κ2) is 6.75. The van der Waals surface area contributed by atoms with Crippen molar-refractivity contribution >= 4 is 44.8 Å². The van der Waals surface area contributed by atoms with Crippen LogP contribution in [0.3, 0.4) is 0 Å². The molecule has 0 N–H and O–H groups in total. The number of nitriles is 1. The second-order valence-corrected chi connectivity index (χ2v) is 6.97. The van der Waals surface area contributed by atoms with Crippen LogP contribution in [0.25, 0.3) is 21.9 Å². The number of nitrogens with zero attached hydrogens (tertiary/aromatic N) is 2. The molecule has 1 aliphatic rings. The molecule has 0 unspecified atom stereocenters. The van der Waals surface area contributed by atoms with Gasteiger partial charge in [0.15, 0.2) is 11.5 Å². The lowest BCUT2D eigenvalue weighted by Gasteiger charge is -2.10. The highest BCUT2D eigenvalue weighted by Crippen LogP contribution is 2.39. The molecule has 3 aromatic rings. The van der Waals surface area contributed by atoms with Crippen LogP contribution < -0.4 is 9.47 Å². The first-order valence-electron chi connectivity index (χ1n) is 7.81. The Morgan fingerprint density at radius 1 is 1.24 bits per heavy atom. The lowest BCUT2D eigenvalue weighted by atomic mass is 10.1. The molecule has 2 heterocycles. The SMILES string of the molecule is N#C/C(=C\c1cc(Cl)c2c(c1)OCCCO2)c1nc2ccccc2s1. The van der Waals surface area contributed by atoms with Crippen LogP contribution >= 0.6 is 22.9 Å². The first-order valence-corrected chi connectivity index (χ1v) is 9.01. The fraction of sp³-hybridized carbons (Fsp3) is 0.158. The molecule has 2 aromatic carbocycles. The number of hydrogen-bond donors (Lipinski definition) is 0. The number of para-hydroxylation sites is 1. The summed E-state index contributed by atoms with van der Waals surface area (Å²) < 4.78 is 12.4. The summed E-state index contributed by atoms with van der Waals surface area (Å²) in [6, 6.07) is 13.7. The fourth-order valence-corrected chi connectivity index (χ4v) is 3.84. The highest BCUT2D eigenvalue weighted by Gasteiger charge is 2.16. The van der Waals surface area contributed by atoms with Gasteiger partial charge < -0.3 is 9.47 Å². The zero-order valence-electron chi connectivity index (χ0n) is 13.2. The Balaban J connectivity index is 1.76. The average molecular weight is 369 g/mol. The van der Waals surface area contributed by atoms with E-state index in [-0.39, 0.29) is 0 Å². The van der Waals surface area contributed by atoms with E-state index in [1.807, 2.05) is 30.3 Å². The molecule has 124 valence electrons. The molecular weight excluding hydrogens is 356 g/mol. The van der Waals surface area contributed by atoms with Gasteiger partial charge in [0.25, 0.3) is 0 Å². The van der Waals surface area contributed by atoms with Crippen LogP contribution in [-0.4, -0.2) is 18.2 Å². The molecule has 0 fully saturated rings. The van der Waals surface area contributed by atoms with Gasteiger partial charge in [-0.1, -0.05) is 23.7 Å². The van der Waals surface area contributed by atoms with Crippen LogP contribution in [0.5, 0.6) is 11.5 Å². The first kappa shape index (κ1) is 15.9. The third kappa shape index (κ3) is 3.19. The Hall–Kier alpha value is -2.55. The fourth-order valence-electron chi connectivity index (χ4n) is 2.63. The van der Waals surface area contributed by atoms with Gasteiger partial charge in [0.05, 0.1) is 34.0 Å². The maximum absolute atomic E-state index is 9.58. The minimum absolute atomic E-state index is 0.479. The standard InChI is InChI=1S/C19H13ClN2O2S/c20-14-9-12(10-16-18(14)24-7-3-6-23-16)8-13(11-21)19-22-15-4-1-2-5-17(15)25-19/h1-2,4-5,8-10H,3,6-7H2/b13-8+. The minimum Gasteiger partial charge on any atom is -0.489 e. The van der Waals surface area contributed by atoms with Crippen molar-refractivity contribution in [1.82, 2.24) is 4.98 Å². The van der Waals surface area contributed by atoms with E-state index in [0.29, 0.717) is 40.3 Å². The molecular formula is C19H13ClN2O2S. The van der Waals surface area contributed by atoms with Crippen LogP contribution in [0.1, 0.15) is 17.0 Å². The molecule has 0 amide bonds. The maximum atomic E-state index is 9.58. The minimum atomic E-state index is 0.479. The van der Waals surface area contributed by atoms with Crippen LogP contribution in [-0.2, 0) is 0 Å². The molecule has 1 aliphatic heterocycles. The molecule has 0 spiro atoms. The first-order chi connectivity index (χ1) is 12.2. The maximum Gasteiger partial charge on any atom is 0.179 e. The number of rotatable bonds is 2. The normalized spacial score (nSPS) is 14.2. The monoisotopic (exact) mass is 368 g/mol. The van der Waals surface area contributed by atoms with Crippen LogP contribution in [0.4, 0.5) is 0 Å². The lowest BCUT2D eigenvalue weighted by Crippen LogP contribution is -1.97. The smallest absolute Gasteiger partial charge is 0.179 e. The molecule has 0 saturated carbocycles. The molecule has 1 aromatic heterocycles. The van der Waals surface area contributed by atoms with Crippen LogP contribution in [0.2, 0.25) is 5.02 Å². The molecule has 25 heavy (non-hydrogen) atoms. The highest BCUT2D eigenvalue weighted by atomic mass is 35.5. The van der Waals surface area contributed by atoms with E-state index < -0.39 is 0 Å². The Kier molecular flexibility index (Phi) is 4.31. The Morgan fingerprint density at radius 3 is 2.92 bits per heavy atom. The van der Waals surface area contributed by atoms with Crippen LogP contribution in [0, 0.1) is 11.3 Å². The topological polar surface area (TPSA) is 55.1 Å². The third-order valence-electron chi connectivity index (χ3n) is 3.78. The van der Waals surface area contributed by atoms with E-state index in [4.69, 9.17) is 21.1 Å². The van der Waals surface area contributed by atoms with Gasteiger partial charge in [0.2, 0.25) is 0 Å². The van der Waals surface area contributed by atoms with Gasteiger partial charge in [-0.05, 0) is 35.9 Å². The lowest BCUT2D eigenvalue weighted by molar-refractivity contribution is 0.297. The summed E-state index contributed by atoms with van der Waals surface area (Å²) in [7, 11) is 0. The van der Waals surface area contributed by atoms with E-state index in [2.05, 4.69) is 11.1 Å². The molecule has 0 saturated heterocycles. The van der Waals surface area contributed by atoms with Gasteiger partial charge >= 0.3 is 0 Å². The molecule has 4 nitrogen and oxygen atoms in total. The van der Waals surface area contributed by atoms with Crippen molar-refractivity contribution in [3.05, 3.63) is 52.0 Å². The molecule has 4 rings (SSSR count). The van der Waals surface area contributed by atoms with Gasteiger partial charge in [-0.25, -0.2) is 4.98 Å². The number of ether oxygens (including phenoxy) is 2. The van der Waals surface area contributed by atoms with E-state index >= 15 is 0 Å². The second-order valence-electron chi connectivity index (χ2n) is 5.54. The molecule has 0 radical (unpaired) electrons. The van der Waals surface area contributed by atoms with Crippen LogP contribution in [0.15, 0.2) is 36.4 Å². The van der Waals surface area contributed by atoms with Crippen molar-refractivity contribution in [1.29, 1.82) is 5.26 Å². The van der Waals surface area contributed by atoms with E-state index in [1.54, 1.807) is 12.1 Å². The highest BCUT2D eigenvalue weighted by molar-refractivity contribution is 7.19. The zero-order valence-corrected chi connectivity index (χ0v) is 14.7. The van der Waals surface area contributed by atoms with Gasteiger partial charge in [0.1, 0.15) is 11.1 Å². The number of halogens is 1. The summed E-state index contributed by atoms with van der Waals surface area (Å²) in [6.45, 7) is 1.16. The number of benzene rings is 2. The van der Waals surface area contributed by atoms with Gasteiger partial charge in [0, 0.05) is 6.42 Å². The predicted molar refractivity (Wildman–Crippen MR) is 100 cm³/mol. The Labute approximate surface area is 153 Å². The molecule has 6 heteroatoms. The zero-order chi connectivity index (χ0) is 17.2. The van der Waals surface area contributed by atoms with Crippen molar-refractivity contribution in [2.24, 2.45) is 0 Å². The summed E-state index contributed by atoms with van der Waals surface area (Å²) in [5, 5.41) is 10.7. The predicted octanol–water partition coefficient (Wildman–Crippen LogP) is 5.18. The molecule has 0 bridgehead atoms. The summed E-state index contributed by atoms with van der Waals surface area (Å²) in [6.07, 6.45) is 2.59. The Bertz CT molecular complexity index is 987. The summed E-state index contributed by atoms with van der Waals surface area (Å²) in [5.41, 5.74) is 2.16. The summed E-state index contributed by atoms with van der Waals surface area (Å²) >= 11 is 7.82. The number of fused-ring (bicyclic) bond motifs is 2. The number of hydrogen-bond acceptors (Lipinski definition) is 5. The van der Waals surface area contributed by atoms with E-state index in [0.717, 1.165) is 22.2 Å². The van der Waals surface area contributed by atoms with Crippen molar-refractivity contribution < 1.29 is 9.47 Å². The van der Waals surface area contributed by atoms with Crippen molar-refractivity contribution in [2.45, 2.75) is 6.42 Å². The summed E-state index contributed by atoms with van der Waals surface area (Å²) in [4.78, 5) is 4.54. The number of aromatic nitrogens is 1. The quantitative estimate of drug-likeness (QED) is 0.585. The molecule has 0 aliphatic carbocycles. The van der Waals surface area contributed by atoms with Gasteiger partial charge in [-0.2, -0.15) is 5.26 Å². The number of thiazole rings is 1. The van der Waals surface area contributed by atoms with Gasteiger partial charge in [-0.15, -0.1) is 11.3 Å². The Morgan fingerprint density at radius 2 is 2.08 bits per heavy atom. The van der Waals surface area contributed by atoms with E-state index in [1.165, 1.54) is 11.3 Å². The van der Waals surface area contributed by atoms with Crippen molar-refractivity contribution in [3.8, 4) is 17.6 Å². The largest absolute Gasteiger partial charge is 0.489 e. The number of allylic oxidation sites excluding steroid dienone is 1. The third-order valence-corrected chi connectivity index (χ3v) is 5.13.